The normalized spacial score (nSPS) is 9.94. The number of carbonyl (C=O) groups is 1. The fraction of sp³-hybridized carbons (Fsp3) is 0. The smallest absolute Gasteiger partial charge is 0.258 e. The van der Waals surface area contributed by atoms with Gasteiger partial charge in [-0.15, -0.1) is 0 Å². The highest BCUT2D eigenvalue weighted by molar-refractivity contribution is 6.34. The zero-order chi connectivity index (χ0) is 12.3. The molecule has 0 bridgehead atoms. The van der Waals surface area contributed by atoms with Crippen molar-refractivity contribution in [2.24, 2.45) is 0 Å². The Kier molecular flexibility index (Phi) is 3.15. The summed E-state index contributed by atoms with van der Waals surface area (Å²) in [6.07, 6.45) is 5.73. The fourth-order valence-corrected chi connectivity index (χ4v) is 1.37. The summed E-state index contributed by atoms with van der Waals surface area (Å²) in [5.74, 6) is 0.146. The molecule has 6 nitrogen and oxygen atoms in total. The summed E-state index contributed by atoms with van der Waals surface area (Å²) in [6, 6.07) is 1.40. The van der Waals surface area contributed by atoms with Gasteiger partial charge in [0.15, 0.2) is 5.82 Å². The summed E-state index contributed by atoms with van der Waals surface area (Å²) >= 11 is 5.84. The lowest BCUT2D eigenvalue weighted by atomic mass is 10.2. The Hall–Kier alpha value is -2.21. The number of rotatable bonds is 2. The van der Waals surface area contributed by atoms with Gasteiger partial charge in [0.2, 0.25) is 0 Å². The third-order valence-electron chi connectivity index (χ3n) is 1.93. The molecule has 0 fully saturated rings. The second-order valence-corrected chi connectivity index (χ2v) is 3.54. The maximum absolute atomic E-state index is 11.8. The first-order valence-corrected chi connectivity index (χ1v) is 5.03. The van der Waals surface area contributed by atoms with Crippen LogP contribution < -0.4 is 11.1 Å². The van der Waals surface area contributed by atoms with Crippen molar-refractivity contribution in [3.63, 3.8) is 0 Å². The molecular formula is C10H8ClN5O. The van der Waals surface area contributed by atoms with Crippen molar-refractivity contribution in [3.05, 3.63) is 41.4 Å². The quantitative estimate of drug-likeness (QED) is 0.838. The summed E-state index contributed by atoms with van der Waals surface area (Å²) in [5, 5.41) is 2.77. The Morgan fingerprint density at radius 2 is 2.12 bits per heavy atom. The van der Waals surface area contributed by atoms with Gasteiger partial charge in [-0.1, -0.05) is 11.6 Å². The summed E-state index contributed by atoms with van der Waals surface area (Å²) in [7, 11) is 0. The molecule has 2 aromatic rings. The van der Waals surface area contributed by atoms with Gasteiger partial charge in [0.25, 0.3) is 5.91 Å². The van der Waals surface area contributed by atoms with Crippen molar-refractivity contribution in [2.75, 3.05) is 11.1 Å². The van der Waals surface area contributed by atoms with Gasteiger partial charge >= 0.3 is 0 Å². The summed E-state index contributed by atoms with van der Waals surface area (Å²) in [6.45, 7) is 0. The van der Waals surface area contributed by atoms with E-state index in [1.807, 2.05) is 0 Å². The number of anilines is 2. The molecule has 0 aromatic carbocycles. The standard InChI is InChI=1S/C10H8ClN5O/c11-7-4-15-8(12)3-6(7)10(17)16-9-5-13-1-2-14-9/h1-5H,(H2,12,15)(H,14,16,17). The van der Waals surface area contributed by atoms with Crippen LogP contribution in [0.3, 0.4) is 0 Å². The van der Waals surface area contributed by atoms with Crippen LogP contribution in [-0.2, 0) is 0 Å². The maximum atomic E-state index is 11.8. The van der Waals surface area contributed by atoms with E-state index in [0.717, 1.165) is 0 Å². The van der Waals surface area contributed by atoms with E-state index in [9.17, 15) is 4.79 Å². The van der Waals surface area contributed by atoms with Crippen molar-refractivity contribution in [1.29, 1.82) is 0 Å². The molecule has 0 radical (unpaired) electrons. The predicted octanol–water partition coefficient (Wildman–Crippen LogP) is 1.36. The molecule has 0 aliphatic carbocycles. The minimum atomic E-state index is -0.412. The molecule has 0 aliphatic heterocycles. The summed E-state index contributed by atoms with van der Waals surface area (Å²) in [4.78, 5) is 23.3. The SMILES string of the molecule is Nc1cc(C(=O)Nc2cnccn2)c(Cl)cn1. The van der Waals surface area contributed by atoms with Gasteiger partial charge in [0.05, 0.1) is 16.8 Å². The Morgan fingerprint density at radius 3 is 2.82 bits per heavy atom. The molecular weight excluding hydrogens is 242 g/mol. The van der Waals surface area contributed by atoms with Gasteiger partial charge in [0.1, 0.15) is 5.82 Å². The van der Waals surface area contributed by atoms with Gasteiger partial charge in [0, 0.05) is 18.6 Å². The molecule has 0 aliphatic rings. The Bertz CT molecular complexity index is 546. The zero-order valence-electron chi connectivity index (χ0n) is 8.59. The van der Waals surface area contributed by atoms with Crippen molar-refractivity contribution >= 4 is 29.1 Å². The molecule has 3 N–H and O–H groups in total. The van der Waals surface area contributed by atoms with E-state index in [1.165, 1.54) is 30.9 Å². The van der Waals surface area contributed by atoms with Crippen LogP contribution in [0.15, 0.2) is 30.9 Å². The summed E-state index contributed by atoms with van der Waals surface area (Å²) < 4.78 is 0. The Balaban J connectivity index is 2.23. The Morgan fingerprint density at radius 1 is 1.29 bits per heavy atom. The lowest BCUT2D eigenvalue weighted by Crippen LogP contribution is -2.14. The summed E-state index contributed by atoms with van der Waals surface area (Å²) in [5.41, 5.74) is 5.72. The minimum absolute atomic E-state index is 0.221. The number of carbonyl (C=O) groups excluding carboxylic acids is 1. The second-order valence-electron chi connectivity index (χ2n) is 3.13. The number of amides is 1. The van der Waals surface area contributed by atoms with Crippen LogP contribution in [0.2, 0.25) is 5.02 Å². The average Bonchev–Trinajstić information content (AvgIpc) is 2.33. The second kappa shape index (κ2) is 4.75. The van der Waals surface area contributed by atoms with Crippen molar-refractivity contribution in [2.45, 2.75) is 0 Å². The van der Waals surface area contributed by atoms with Crippen LogP contribution in [0.5, 0.6) is 0 Å². The lowest BCUT2D eigenvalue weighted by molar-refractivity contribution is 0.102. The van der Waals surface area contributed by atoms with E-state index in [1.54, 1.807) is 0 Å². The molecule has 2 rings (SSSR count). The van der Waals surface area contributed by atoms with Gasteiger partial charge < -0.3 is 11.1 Å². The van der Waals surface area contributed by atoms with E-state index in [-0.39, 0.29) is 16.4 Å². The monoisotopic (exact) mass is 249 g/mol. The first-order valence-electron chi connectivity index (χ1n) is 4.65. The van der Waals surface area contributed by atoms with Crippen LogP contribution in [0.1, 0.15) is 10.4 Å². The molecule has 1 amide bonds. The molecule has 2 aromatic heterocycles. The minimum Gasteiger partial charge on any atom is -0.384 e. The van der Waals surface area contributed by atoms with Crippen molar-refractivity contribution < 1.29 is 4.79 Å². The first-order chi connectivity index (χ1) is 8.16. The predicted molar refractivity (Wildman–Crippen MR) is 63.6 cm³/mol. The van der Waals surface area contributed by atoms with E-state index < -0.39 is 5.91 Å². The molecule has 86 valence electrons. The number of hydrogen-bond acceptors (Lipinski definition) is 5. The van der Waals surface area contributed by atoms with Crippen LogP contribution in [0, 0.1) is 0 Å². The third-order valence-corrected chi connectivity index (χ3v) is 2.23. The van der Waals surface area contributed by atoms with Crippen LogP contribution in [0.4, 0.5) is 11.6 Å². The number of nitrogens with one attached hydrogen (secondary N) is 1. The number of nitrogens with two attached hydrogens (primary N) is 1. The molecule has 0 saturated carbocycles. The van der Waals surface area contributed by atoms with Crippen LogP contribution >= 0.6 is 11.6 Å². The first kappa shape index (κ1) is 11.3. The fourth-order valence-electron chi connectivity index (χ4n) is 1.18. The molecule has 0 saturated heterocycles. The van der Waals surface area contributed by atoms with Crippen LogP contribution in [-0.4, -0.2) is 20.9 Å². The van der Waals surface area contributed by atoms with E-state index >= 15 is 0 Å². The highest BCUT2D eigenvalue weighted by Crippen LogP contribution is 2.17. The number of nitrogen functional groups attached to an aromatic ring is 1. The van der Waals surface area contributed by atoms with E-state index in [0.29, 0.717) is 5.82 Å². The van der Waals surface area contributed by atoms with Crippen molar-refractivity contribution in [1.82, 2.24) is 15.0 Å². The molecule has 0 spiro atoms. The molecule has 0 unspecified atom stereocenters. The number of pyridine rings is 1. The lowest BCUT2D eigenvalue weighted by Gasteiger charge is -2.05. The molecule has 7 heteroatoms. The van der Waals surface area contributed by atoms with Crippen molar-refractivity contribution in [3.8, 4) is 0 Å². The Labute approximate surface area is 102 Å². The highest BCUT2D eigenvalue weighted by atomic mass is 35.5. The number of halogens is 1. The molecule has 2 heterocycles. The topological polar surface area (TPSA) is 93.8 Å². The highest BCUT2D eigenvalue weighted by Gasteiger charge is 2.12. The number of aromatic nitrogens is 3. The largest absolute Gasteiger partial charge is 0.384 e. The molecule has 0 atom stereocenters. The van der Waals surface area contributed by atoms with Gasteiger partial charge in [-0.25, -0.2) is 9.97 Å². The third kappa shape index (κ3) is 2.67. The number of nitrogens with zero attached hydrogens (tertiary/aromatic N) is 3. The average molecular weight is 250 g/mol. The van der Waals surface area contributed by atoms with Crippen LogP contribution in [0.25, 0.3) is 0 Å². The van der Waals surface area contributed by atoms with Gasteiger partial charge in [-0.05, 0) is 6.07 Å². The zero-order valence-corrected chi connectivity index (χ0v) is 9.35. The van der Waals surface area contributed by atoms with Gasteiger partial charge in [-0.3, -0.25) is 9.78 Å². The van der Waals surface area contributed by atoms with Gasteiger partial charge in [-0.2, -0.15) is 0 Å². The molecule has 17 heavy (non-hydrogen) atoms. The van der Waals surface area contributed by atoms with E-state index in [2.05, 4.69) is 20.3 Å². The maximum Gasteiger partial charge on any atom is 0.258 e. The number of hydrogen-bond donors (Lipinski definition) is 2. The van der Waals surface area contributed by atoms with E-state index in [4.69, 9.17) is 17.3 Å².